The van der Waals surface area contributed by atoms with E-state index in [0.717, 1.165) is 19.4 Å². The van der Waals surface area contributed by atoms with Gasteiger partial charge in [-0.1, -0.05) is 6.58 Å². The summed E-state index contributed by atoms with van der Waals surface area (Å²) in [5.41, 5.74) is 0. The predicted molar refractivity (Wildman–Crippen MR) is 47.0 cm³/mol. The van der Waals surface area contributed by atoms with E-state index in [-0.39, 0.29) is 12.3 Å². The van der Waals surface area contributed by atoms with E-state index in [1.54, 1.807) is 6.34 Å². The second-order valence-electron chi connectivity index (χ2n) is 1.25. The molecule has 0 aromatic carbocycles. The first-order valence-corrected chi connectivity index (χ1v) is 3.48. The third-order valence-electron chi connectivity index (χ3n) is 0.568. The molecule has 1 aliphatic rings. The van der Waals surface area contributed by atoms with Crippen molar-refractivity contribution in [2.45, 2.75) is 0 Å². The number of nitrogens with one attached hydrogen (secondary N) is 1. The number of nitrogens with zero attached hydrogens (tertiary/aromatic N) is 1. The van der Waals surface area contributed by atoms with Crippen LogP contribution in [0.1, 0.15) is 0 Å². The van der Waals surface area contributed by atoms with Crippen molar-refractivity contribution in [2.75, 3.05) is 13.1 Å². The van der Waals surface area contributed by atoms with Crippen molar-refractivity contribution in [3.63, 3.8) is 0 Å². The van der Waals surface area contributed by atoms with Gasteiger partial charge < -0.3 is 19.5 Å². The molecule has 5 nitrogen and oxygen atoms in total. The summed E-state index contributed by atoms with van der Waals surface area (Å²) in [6, 6.07) is 0. The van der Waals surface area contributed by atoms with Crippen LogP contribution >= 0.6 is 12.3 Å². The smallest absolute Gasteiger partial charge is 0.152 e. The largest absolute Gasteiger partial charge is 0.516 e. The van der Waals surface area contributed by atoms with Gasteiger partial charge in [-0.3, -0.25) is 4.99 Å². The maximum Gasteiger partial charge on any atom is 0.152 e. The molecule has 0 unspecified atom stereocenters. The molecule has 0 spiro atoms. The topological polar surface area (TPSA) is 85.1 Å². The zero-order valence-electron chi connectivity index (χ0n) is 5.97. The highest BCUT2D eigenvalue weighted by atomic mass is 32.2. The molecule has 0 saturated carbocycles. The van der Waals surface area contributed by atoms with Crippen LogP contribution in [0.25, 0.3) is 0 Å². The van der Waals surface area contributed by atoms with E-state index in [1.165, 1.54) is 0 Å². The minimum absolute atomic E-state index is 0.250. The Morgan fingerprint density at radius 1 is 1.64 bits per heavy atom. The third-order valence-corrected chi connectivity index (χ3v) is 0.568. The van der Waals surface area contributed by atoms with Crippen LogP contribution in [0.3, 0.4) is 0 Å². The zero-order chi connectivity index (χ0) is 8.95. The Hall–Kier alpha value is -0.720. The second-order valence-corrected chi connectivity index (χ2v) is 1.42. The van der Waals surface area contributed by atoms with E-state index in [4.69, 9.17) is 14.2 Å². The lowest BCUT2D eigenvalue weighted by Crippen LogP contribution is -2.04. The van der Waals surface area contributed by atoms with E-state index in [2.05, 4.69) is 16.9 Å². The molecule has 0 radical (unpaired) electrons. The van der Waals surface area contributed by atoms with E-state index in [1.807, 2.05) is 0 Å². The summed E-state index contributed by atoms with van der Waals surface area (Å²) < 4.78 is 14.1. The number of aliphatic hydroxyl groups excluding tert-OH is 1. The van der Waals surface area contributed by atoms with E-state index < -0.39 is 0 Å². The minimum Gasteiger partial charge on any atom is -0.516 e. The van der Waals surface area contributed by atoms with Crippen LogP contribution in [0.2, 0.25) is 0 Å². The quantitative estimate of drug-likeness (QED) is 0.330. The van der Waals surface area contributed by atoms with Gasteiger partial charge in [0.15, 0.2) is 12.3 Å². The van der Waals surface area contributed by atoms with Crippen LogP contribution < -0.4 is 5.32 Å². The van der Waals surface area contributed by atoms with Crippen LogP contribution in [0, 0.1) is 0 Å². The highest BCUT2D eigenvalue weighted by Crippen LogP contribution is 1.68. The number of aliphatic hydroxyl groups is 1. The molecule has 0 atom stereocenters. The van der Waals surface area contributed by atoms with Crippen LogP contribution in [0.5, 0.6) is 0 Å². The summed E-state index contributed by atoms with van der Waals surface area (Å²) in [7, 11) is 0. The van der Waals surface area contributed by atoms with Crippen LogP contribution in [-0.4, -0.2) is 33.6 Å². The molecule has 0 bridgehead atoms. The van der Waals surface area contributed by atoms with Crippen LogP contribution in [-0.2, 0) is 0 Å². The zero-order valence-corrected chi connectivity index (χ0v) is 6.79. The fraction of sp³-hybridized carbons (Fsp3) is 0.400. The second kappa shape index (κ2) is 16.1. The van der Waals surface area contributed by atoms with Gasteiger partial charge in [0.2, 0.25) is 0 Å². The third kappa shape index (κ3) is 26.8. The first kappa shape index (κ1) is 12.9. The molecule has 0 aromatic rings. The summed E-state index contributed by atoms with van der Waals surface area (Å²) in [6.07, 6.45) is 2.49. The van der Waals surface area contributed by atoms with Crippen molar-refractivity contribution >= 4 is 18.7 Å². The molecule has 1 heterocycles. The fourth-order valence-corrected chi connectivity index (χ4v) is 0.323. The molecule has 0 aliphatic carbocycles. The molecule has 6 heteroatoms. The van der Waals surface area contributed by atoms with Crippen molar-refractivity contribution in [1.82, 2.24) is 5.32 Å². The maximum absolute atomic E-state index is 7.33. The lowest BCUT2D eigenvalue weighted by molar-refractivity contribution is 0.476. The Bertz CT molecular complexity index is 93.7. The van der Waals surface area contributed by atoms with Gasteiger partial charge in [-0.2, -0.15) is 0 Å². The standard InChI is InChI=1S/C3H6N2.C2H4O.H2O2S/c1-2-5-3-4-1;1-2-3;1-3-2/h3H,1-2H2,(H,4,5);2-3H,1H2;1-2H. The lowest BCUT2D eigenvalue weighted by Gasteiger charge is -1.75. The van der Waals surface area contributed by atoms with E-state index >= 15 is 0 Å². The number of aliphatic imine (C=N–C) groups is 1. The average Bonchev–Trinajstić information content (AvgIpc) is 2.44. The molecule has 4 N–H and O–H groups in total. The molecule has 0 saturated heterocycles. The first-order chi connectivity index (χ1) is 5.33. The SMILES string of the molecule is C1=NCCN1.C=CO.OSO. The monoisotopic (exact) mass is 180 g/mol. The highest BCUT2D eigenvalue weighted by molar-refractivity contribution is 7.87. The van der Waals surface area contributed by atoms with Gasteiger partial charge in [0.1, 0.15) is 0 Å². The molecule has 0 aromatic heterocycles. The van der Waals surface area contributed by atoms with Gasteiger partial charge in [0.25, 0.3) is 0 Å². The number of hydrogen-bond donors (Lipinski definition) is 4. The summed E-state index contributed by atoms with van der Waals surface area (Å²) in [6.45, 7) is 4.90. The van der Waals surface area contributed by atoms with Gasteiger partial charge in [0, 0.05) is 6.54 Å². The Kier molecular flexibility index (Phi) is 18.9. The summed E-state index contributed by atoms with van der Waals surface area (Å²) in [4.78, 5) is 3.85. The summed E-state index contributed by atoms with van der Waals surface area (Å²) in [5, 5.41) is 10.3. The Labute approximate surface area is 69.9 Å². The molecule has 1 aliphatic heterocycles. The van der Waals surface area contributed by atoms with E-state index in [9.17, 15) is 0 Å². The number of hydrogen-bond acceptors (Lipinski definition) is 6. The Balaban J connectivity index is 0. The minimum atomic E-state index is -0.250. The summed E-state index contributed by atoms with van der Waals surface area (Å²) in [5.74, 6) is 0. The fourth-order valence-electron chi connectivity index (χ4n) is 0.323. The van der Waals surface area contributed by atoms with Crippen molar-refractivity contribution in [1.29, 1.82) is 0 Å². The van der Waals surface area contributed by atoms with Gasteiger partial charge >= 0.3 is 0 Å². The van der Waals surface area contributed by atoms with Crippen molar-refractivity contribution in [3.8, 4) is 0 Å². The normalized spacial score (nSPS) is 11.5. The first-order valence-electron chi connectivity index (χ1n) is 2.75. The Morgan fingerprint density at radius 3 is 2.18 bits per heavy atom. The number of rotatable bonds is 0. The highest BCUT2D eigenvalue weighted by Gasteiger charge is 1.82. The average molecular weight is 180 g/mol. The molecule has 66 valence electrons. The molecular weight excluding hydrogens is 168 g/mol. The van der Waals surface area contributed by atoms with Crippen molar-refractivity contribution in [2.24, 2.45) is 4.99 Å². The molecule has 0 fully saturated rings. The van der Waals surface area contributed by atoms with Gasteiger partial charge in [-0.05, 0) is 0 Å². The molecule has 11 heavy (non-hydrogen) atoms. The van der Waals surface area contributed by atoms with Gasteiger partial charge in [0.05, 0.1) is 19.1 Å². The van der Waals surface area contributed by atoms with Crippen LogP contribution in [0.4, 0.5) is 0 Å². The maximum atomic E-state index is 7.33. The molecule has 1 rings (SSSR count). The van der Waals surface area contributed by atoms with Gasteiger partial charge in [-0.25, -0.2) is 0 Å². The molecular formula is C5H12N2O3S. The summed E-state index contributed by atoms with van der Waals surface area (Å²) >= 11 is -0.250. The van der Waals surface area contributed by atoms with Crippen LogP contribution in [0.15, 0.2) is 17.8 Å². The predicted octanol–water partition coefficient (Wildman–Crippen LogP) is 0.971. The Morgan fingerprint density at radius 2 is 2.09 bits per heavy atom. The van der Waals surface area contributed by atoms with Crippen molar-refractivity contribution in [3.05, 3.63) is 12.8 Å². The van der Waals surface area contributed by atoms with E-state index in [0.29, 0.717) is 0 Å². The molecule has 0 amide bonds. The van der Waals surface area contributed by atoms with Crippen molar-refractivity contribution < 1.29 is 14.2 Å². The van der Waals surface area contributed by atoms with Gasteiger partial charge in [-0.15, -0.1) is 0 Å². The lowest BCUT2D eigenvalue weighted by atomic mass is 10.7.